The van der Waals surface area contributed by atoms with Gasteiger partial charge in [0.25, 0.3) is 5.91 Å². The van der Waals surface area contributed by atoms with E-state index in [4.69, 9.17) is 5.10 Å². The van der Waals surface area contributed by atoms with Gasteiger partial charge >= 0.3 is 0 Å². The summed E-state index contributed by atoms with van der Waals surface area (Å²) in [5.41, 5.74) is 3.99. The second-order valence-corrected chi connectivity index (χ2v) is 13.2. The molecule has 0 spiro atoms. The number of carbonyl (C=O) groups excluding carboxylic acids is 1. The van der Waals surface area contributed by atoms with Crippen molar-refractivity contribution >= 4 is 27.1 Å². The Hall–Kier alpha value is -3.27. The zero-order chi connectivity index (χ0) is 27.4. The number of nitrogens with one attached hydrogen (secondary N) is 1. The number of aromatic nitrogens is 2. The van der Waals surface area contributed by atoms with Crippen LogP contribution in [0.25, 0.3) is 26.7 Å². The molecule has 9 heteroatoms. The van der Waals surface area contributed by atoms with E-state index in [-0.39, 0.29) is 5.91 Å². The summed E-state index contributed by atoms with van der Waals surface area (Å²) >= 11 is 1.54. The van der Waals surface area contributed by atoms with E-state index >= 15 is 0 Å². The number of unbranched alkanes of at least 4 members (excludes halogenated alkanes) is 1. The average Bonchev–Trinajstić information content (AvgIpc) is 3.69. The Bertz CT molecular complexity index is 1570. The van der Waals surface area contributed by atoms with Crippen molar-refractivity contribution in [2.75, 3.05) is 32.4 Å². The van der Waals surface area contributed by atoms with E-state index in [1.165, 1.54) is 32.2 Å². The molecule has 0 radical (unpaired) electrons. The van der Waals surface area contributed by atoms with Gasteiger partial charge in [-0.25, -0.2) is 13.1 Å². The Morgan fingerprint density at radius 3 is 2.51 bits per heavy atom. The summed E-state index contributed by atoms with van der Waals surface area (Å²) in [4.78, 5) is 17.7. The van der Waals surface area contributed by atoms with Crippen LogP contribution in [0.4, 0.5) is 0 Å². The minimum atomic E-state index is -3.30. The first-order chi connectivity index (χ1) is 18.8. The number of thiophene rings is 1. The number of para-hydroxylation sites is 1. The van der Waals surface area contributed by atoms with Crippen molar-refractivity contribution in [2.45, 2.75) is 37.5 Å². The van der Waals surface area contributed by atoms with Crippen LogP contribution in [0.5, 0.6) is 0 Å². The molecular weight excluding hydrogens is 528 g/mol. The van der Waals surface area contributed by atoms with Crippen LogP contribution in [0.2, 0.25) is 0 Å². The molecule has 1 saturated heterocycles. The number of likely N-dealkylation sites (tertiary alicyclic amines) is 1. The largest absolute Gasteiger partial charge is 0.351 e. The normalized spacial score (nSPS) is 14.1. The molecule has 0 unspecified atom stereocenters. The van der Waals surface area contributed by atoms with Gasteiger partial charge in [0, 0.05) is 17.7 Å². The molecule has 1 N–H and O–H groups in total. The van der Waals surface area contributed by atoms with Crippen LogP contribution in [-0.4, -0.2) is 61.4 Å². The van der Waals surface area contributed by atoms with Crippen LogP contribution in [0.1, 0.15) is 41.7 Å². The standard InChI is InChI=1S/C30H34N4O3S2/c1-22-10-3-4-13-26(22)34-27(21-25(32-34)30(35)31-16-5-6-17-33-18-7-8-19-33)29-15-14-28(38-29)23-11-9-12-24(20-23)39(2,36)37/h3-4,9-15,20-21H,5-8,16-19H2,1-2H3,(H,31,35). The van der Waals surface area contributed by atoms with Gasteiger partial charge in [-0.1, -0.05) is 30.3 Å². The van der Waals surface area contributed by atoms with Crippen LogP contribution in [-0.2, 0) is 9.84 Å². The Balaban J connectivity index is 1.38. The number of hydrogen-bond donors (Lipinski definition) is 1. The highest BCUT2D eigenvalue weighted by atomic mass is 32.2. The fourth-order valence-electron chi connectivity index (χ4n) is 4.92. The lowest BCUT2D eigenvalue weighted by Crippen LogP contribution is -2.26. The van der Waals surface area contributed by atoms with E-state index in [2.05, 4.69) is 10.2 Å². The van der Waals surface area contributed by atoms with Crippen molar-refractivity contribution in [2.24, 2.45) is 0 Å². The lowest BCUT2D eigenvalue weighted by molar-refractivity contribution is 0.0947. The number of nitrogens with zero attached hydrogens (tertiary/aromatic N) is 3. The SMILES string of the molecule is Cc1ccccc1-n1nc(C(=O)NCCCCN2CCCC2)cc1-c1ccc(-c2cccc(S(C)(=O)=O)c2)s1. The van der Waals surface area contributed by atoms with Gasteiger partial charge in [-0.05, 0) is 99.8 Å². The fraction of sp³-hybridized carbons (Fsp3) is 0.333. The highest BCUT2D eigenvalue weighted by molar-refractivity contribution is 7.90. The van der Waals surface area contributed by atoms with Crippen LogP contribution in [0.3, 0.4) is 0 Å². The van der Waals surface area contributed by atoms with E-state index in [9.17, 15) is 13.2 Å². The first-order valence-electron chi connectivity index (χ1n) is 13.4. The van der Waals surface area contributed by atoms with Crippen molar-refractivity contribution in [3.05, 3.63) is 78.0 Å². The molecule has 39 heavy (non-hydrogen) atoms. The van der Waals surface area contributed by atoms with E-state index < -0.39 is 9.84 Å². The third-order valence-electron chi connectivity index (χ3n) is 7.08. The molecule has 204 valence electrons. The maximum Gasteiger partial charge on any atom is 0.271 e. The molecule has 0 atom stereocenters. The van der Waals surface area contributed by atoms with Gasteiger partial charge in [0.15, 0.2) is 15.5 Å². The van der Waals surface area contributed by atoms with Gasteiger partial charge in [0.2, 0.25) is 0 Å². The van der Waals surface area contributed by atoms with Gasteiger partial charge in [-0.3, -0.25) is 4.79 Å². The summed E-state index contributed by atoms with van der Waals surface area (Å²) in [6.45, 7) is 6.13. The Morgan fingerprint density at radius 2 is 1.74 bits per heavy atom. The number of benzene rings is 2. The van der Waals surface area contributed by atoms with Crippen LogP contribution < -0.4 is 5.32 Å². The molecule has 2 aromatic heterocycles. The quantitative estimate of drug-likeness (QED) is 0.255. The van der Waals surface area contributed by atoms with Crippen LogP contribution in [0.15, 0.2) is 71.6 Å². The van der Waals surface area contributed by atoms with Crippen molar-refractivity contribution in [3.63, 3.8) is 0 Å². The highest BCUT2D eigenvalue weighted by Crippen LogP contribution is 2.36. The molecule has 0 saturated carbocycles. The van der Waals surface area contributed by atoms with Crippen molar-refractivity contribution in [3.8, 4) is 26.7 Å². The van der Waals surface area contributed by atoms with Gasteiger partial charge in [-0.2, -0.15) is 5.10 Å². The molecule has 0 bridgehead atoms. The minimum absolute atomic E-state index is 0.178. The van der Waals surface area contributed by atoms with Crippen molar-refractivity contribution in [1.29, 1.82) is 0 Å². The van der Waals surface area contributed by atoms with Crippen molar-refractivity contribution in [1.82, 2.24) is 20.0 Å². The molecule has 1 aliphatic heterocycles. The van der Waals surface area contributed by atoms with Gasteiger partial charge in [0.1, 0.15) is 0 Å². The molecule has 0 aliphatic carbocycles. The third kappa shape index (κ3) is 6.49. The number of carbonyl (C=O) groups is 1. The maximum absolute atomic E-state index is 13.1. The van der Waals surface area contributed by atoms with Gasteiger partial charge in [-0.15, -0.1) is 11.3 Å². The first kappa shape index (κ1) is 27.3. The number of rotatable bonds is 10. The predicted octanol–water partition coefficient (Wildman–Crippen LogP) is 5.59. The highest BCUT2D eigenvalue weighted by Gasteiger charge is 2.20. The van der Waals surface area contributed by atoms with E-state index in [1.54, 1.807) is 29.5 Å². The van der Waals surface area contributed by atoms with Crippen LogP contribution >= 0.6 is 11.3 Å². The second kappa shape index (κ2) is 11.9. The first-order valence-corrected chi connectivity index (χ1v) is 16.1. The number of aryl methyl sites for hydroxylation is 1. The monoisotopic (exact) mass is 562 g/mol. The lowest BCUT2D eigenvalue weighted by Gasteiger charge is -2.13. The molecule has 1 aliphatic rings. The Kier molecular flexibility index (Phi) is 8.30. The number of sulfone groups is 1. The molecule has 2 aromatic carbocycles. The topological polar surface area (TPSA) is 84.3 Å². The van der Waals surface area contributed by atoms with E-state index in [0.29, 0.717) is 17.1 Å². The maximum atomic E-state index is 13.1. The van der Waals surface area contributed by atoms with Gasteiger partial charge in [0.05, 0.1) is 21.2 Å². The summed E-state index contributed by atoms with van der Waals surface area (Å²) in [5.74, 6) is -0.178. The van der Waals surface area contributed by atoms with Gasteiger partial charge < -0.3 is 10.2 Å². The molecular formula is C30H34N4O3S2. The lowest BCUT2D eigenvalue weighted by atomic mass is 10.2. The molecule has 1 amide bonds. The smallest absolute Gasteiger partial charge is 0.271 e. The average molecular weight is 563 g/mol. The fourth-order valence-corrected chi connectivity index (χ4v) is 6.59. The summed E-state index contributed by atoms with van der Waals surface area (Å²) in [7, 11) is -3.30. The summed E-state index contributed by atoms with van der Waals surface area (Å²) in [6, 6.07) is 20.8. The Labute approximate surface area is 234 Å². The summed E-state index contributed by atoms with van der Waals surface area (Å²) in [6.07, 6.45) is 5.81. The minimum Gasteiger partial charge on any atom is -0.351 e. The molecule has 3 heterocycles. The summed E-state index contributed by atoms with van der Waals surface area (Å²) in [5, 5.41) is 7.78. The number of amides is 1. The molecule has 1 fully saturated rings. The van der Waals surface area contributed by atoms with E-state index in [1.807, 2.05) is 60.1 Å². The zero-order valence-corrected chi connectivity index (χ0v) is 24.0. The third-order valence-corrected chi connectivity index (χ3v) is 9.34. The molecule has 5 rings (SSSR count). The molecule has 7 nitrogen and oxygen atoms in total. The van der Waals surface area contributed by atoms with Crippen molar-refractivity contribution < 1.29 is 13.2 Å². The Morgan fingerprint density at radius 1 is 0.974 bits per heavy atom. The summed E-state index contributed by atoms with van der Waals surface area (Å²) < 4.78 is 26.0. The van der Waals surface area contributed by atoms with E-state index in [0.717, 1.165) is 51.6 Å². The molecule has 4 aromatic rings. The second-order valence-electron chi connectivity index (χ2n) is 10.1. The zero-order valence-electron chi connectivity index (χ0n) is 22.4. The predicted molar refractivity (Wildman–Crippen MR) is 157 cm³/mol. The number of hydrogen-bond acceptors (Lipinski definition) is 6. The van der Waals surface area contributed by atoms with Crippen LogP contribution in [0, 0.1) is 6.92 Å².